The van der Waals surface area contributed by atoms with E-state index in [4.69, 9.17) is 0 Å². The van der Waals surface area contributed by atoms with E-state index in [1.807, 2.05) is 44.3 Å². The van der Waals surface area contributed by atoms with Crippen LogP contribution in [0.3, 0.4) is 0 Å². The first-order chi connectivity index (χ1) is 17.2. The lowest BCUT2D eigenvalue weighted by atomic mass is 10.1. The van der Waals surface area contributed by atoms with Crippen molar-refractivity contribution in [2.45, 2.75) is 15.4 Å². The Bertz CT molecular complexity index is 1550. The van der Waals surface area contributed by atoms with E-state index < -0.39 is 8.48 Å². The molecule has 36 heavy (non-hydrogen) atoms. The van der Waals surface area contributed by atoms with Crippen LogP contribution in [0.15, 0.2) is 69.8 Å². The van der Waals surface area contributed by atoms with E-state index in [9.17, 15) is 14.0 Å². The molecule has 1 aliphatic heterocycles. The summed E-state index contributed by atoms with van der Waals surface area (Å²) in [5.74, 6) is -0.643. The molecule has 4 aromatic rings. The lowest BCUT2D eigenvalue weighted by Gasteiger charge is -2.23. The summed E-state index contributed by atoms with van der Waals surface area (Å²) in [4.78, 5) is 34.8. The number of carbonyl (C=O) groups is 1. The van der Waals surface area contributed by atoms with Gasteiger partial charge in [0.05, 0.1) is 21.8 Å². The van der Waals surface area contributed by atoms with Crippen LogP contribution in [-0.4, -0.2) is 29.1 Å². The number of halogens is 3. The number of aromatic nitrogens is 3. The second-order valence-corrected chi connectivity index (χ2v) is 12.7. The van der Waals surface area contributed by atoms with Crippen LogP contribution in [0.1, 0.15) is 16.1 Å². The number of nitrogens with zero attached hydrogens (tertiary/aromatic N) is 4. The molecule has 2 aromatic heterocycles. The number of alkyl halides is 2. The number of benzene rings is 2. The summed E-state index contributed by atoms with van der Waals surface area (Å²) < 4.78 is 15.7. The minimum Gasteiger partial charge on any atom is -0.303 e. The maximum absolute atomic E-state index is 13.3. The summed E-state index contributed by atoms with van der Waals surface area (Å²) in [6, 6.07) is 15.4. The number of amidine groups is 1. The highest BCUT2D eigenvalue weighted by molar-refractivity contribution is 9.14. The number of aliphatic imine (C=N–C) groups is 1. The molecular formula is C24H18Br2FN5O2S2. The lowest BCUT2D eigenvalue weighted by Crippen LogP contribution is -2.34. The third kappa shape index (κ3) is 4.40. The highest BCUT2D eigenvalue weighted by atomic mass is 79.9. The number of thiazole rings is 1. The van der Waals surface area contributed by atoms with Crippen molar-refractivity contribution in [1.82, 2.24) is 19.7 Å². The van der Waals surface area contributed by atoms with Crippen molar-refractivity contribution in [3.8, 4) is 16.9 Å². The van der Waals surface area contributed by atoms with Crippen molar-refractivity contribution in [1.29, 1.82) is 0 Å². The number of carbonyl (C=O) groups excluding carboxylic acids is 1. The molecule has 1 fully saturated rings. The van der Waals surface area contributed by atoms with Gasteiger partial charge in [-0.1, -0.05) is 74.0 Å². The zero-order valence-corrected chi connectivity index (χ0v) is 23.7. The first-order valence-electron chi connectivity index (χ1n) is 10.7. The molecule has 1 N–H and O–H groups in total. The monoisotopic (exact) mass is 649 g/mol. The maximum Gasteiger partial charge on any atom is 0.281 e. The largest absolute Gasteiger partial charge is 0.303 e. The normalized spacial score (nSPS) is 19.6. The number of nitrogens with one attached hydrogen (secondary N) is 1. The van der Waals surface area contributed by atoms with Crippen LogP contribution in [0.25, 0.3) is 16.9 Å². The minimum absolute atomic E-state index is 0.171. The van der Waals surface area contributed by atoms with Gasteiger partial charge in [-0.3, -0.25) is 14.3 Å². The van der Waals surface area contributed by atoms with E-state index in [0.717, 1.165) is 16.9 Å². The van der Waals surface area contributed by atoms with Crippen molar-refractivity contribution < 1.29 is 9.18 Å². The molecule has 1 aliphatic rings. The fourth-order valence-corrected chi connectivity index (χ4v) is 7.14. The third-order valence-electron chi connectivity index (χ3n) is 5.76. The average molecular weight is 651 g/mol. The van der Waals surface area contributed by atoms with Gasteiger partial charge in [-0.2, -0.15) is 4.99 Å². The van der Waals surface area contributed by atoms with Gasteiger partial charge in [0, 0.05) is 18.1 Å². The van der Waals surface area contributed by atoms with Crippen molar-refractivity contribution in [2.75, 3.05) is 0 Å². The molecule has 0 spiro atoms. The average Bonchev–Trinajstić information content (AvgIpc) is 3.49. The molecule has 3 heterocycles. The van der Waals surface area contributed by atoms with Gasteiger partial charge >= 0.3 is 0 Å². The molecule has 0 radical (unpaired) electrons. The minimum atomic E-state index is -1.08. The molecule has 5 rings (SSSR count). The Kier molecular flexibility index (Phi) is 6.79. The second-order valence-electron chi connectivity index (χ2n) is 7.98. The fraction of sp³-hybridized carbons (Fsp3) is 0.167. The first kappa shape index (κ1) is 25.1. The molecule has 0 saturated carbocycles. The molecule has 0 aliphatic carbocycles. The Morgan fingerprint density at radius 2 is 1.83 bits per heavy atom. The summed E-state index contributed by atoms with van der Waals surface area (Å²) in [6.07, 6.45) is 0. The van der Waals surface area contributed by atoms with E-state index in [0.29, 0.717) is 21.6 Å². The number of amides is 1. The molecule has 2 aromatic carbocycles. The van der Waals surface area contributed by atoms with Gasteiger partial charge < -0.3 is 5.32 Å². The van der Waals surface area contributed by atoms with Gasteiger partial charge in [-0.25, -0.2) is 14.1 Å². The van der Waals surface area contributed by atoms with E-state index in [2.05, 4.69) is 47.2 Å². The zero-order chi connectivity index (χ0) is 25.6. The summed E-state index contributed by atoms with van der Waals surface area (Å²) >= 11 is 9.59. The molecule has 1 amide bonds. The van der Waals surface area contributed by atoms with Crippen molar-refractivity contribution in [3.63, 3.8) is 0 Å². The standard InChI is InChI=1S/C24H18Br2FN5O2S2/c1-13-18(20(33)32(31(13)2)16-6-4-3-5-7-16)17-12-35-22(28-17)30-23-29-21(34)24(26,36-23)19(25)14-8-10-15(27)11-9-14/h3-12,19H,1-2H3,(H,28,29,30,34). The van der Waals surface area contributed by atoms with Gasteiger partial charge in [0.1, 0.15) is 5.82 Å². The van der Waals surface area contributed by atoms with Crippen molar-refractivity contribution in [3.05, 3.63) is 87.4 Å². The lowest BCUT2D eigenvalue weighted by molar-refractivity contribution is -0.119. The summed E-state index contributed by atoms with van der Waals surface area (Å²) in [7, 11) is 1.83. The first-order valence-corrected chi connectivity index (χ1v) is 14.1. The van der Waals surface area contributed by atoms with E-state index in [1.54, 1.807) is 26.9 Å². The Balaban J connectivity index is 1.43. The number of rotatable bonds is 5. The quantitative estimate of drug-likeness (QED) is 0.276. The van der Waals surface area contributed by atoms with Gasteiger partial charge in [0.25, 0.3) is 11.5 Å². The number of hydrogen-bond acceptors (Lipinski definition) is 6. The van der Waals surface area contributed by atoms with Crippen LogP contribution in [0.4, 0.5) is 9.52 Å². The van der Waals surface area contributed by atoms with Crippen molar-refractivity contribution in [2.24, 2.45) is 12.0 Å². The van der Waals surface area contributed by atoms with Crippen molar-refractivity contribution >= 4 is 71.2 Å². The Hall–Kier alpha value is -2.54. The second kappa shape index (κ2) is 9.73. The molecule has 1 saturated heterocycles. The fourth-order valence-electron chi connectivity index (χ4n) is 3.84. The smallest absolute Gasteiger partial charge is 0.281 e. The predicted octanol–water partition coefficient (Wildman–Crippen LogP) is 5.82. The maximum atomic E-state index is 13.3. The Morgan fingerprint density at radius 3 is 2.53 bits per heavy atom. The van der Waals surface area contributed by atoms with Crippen LogP contribution in [0.2, 0.25) is 0 Å². The van der Waals surface area contributed by atoms with Gasteiger partial charge in [0.15, 0.2) is 8.82 Å². The van der Waals surface area contributed by atoms with Crippen LogP contribution in [-0.2, 0) is 11.8 Å². The van der Waals surface area contributed by atoms with E-state index in [1.165, 1.54) is 35.2 Å². The van der Waals surface area contributed by atoms with Crippen LogP contribution < -0.4 is 10.9 Å². The molecule has 2 unspecified atom stereocenters. The molecule has 0 bridgehead atoms. The summed E-state index contributed by atoms with van der Waals surface area (Å²) in [6.45, 7) is 1.87. The SMILES string of the molecule is Cc1c(-c2csc(/N=C3\NC(=O)C(Br)(C(Br)c4ccc(F)cc4)S3)n2)c(=O)n(-c2ccccc2)n1C. The Labute approximate surface area is 230 Å². The number of hydrogen-bond donors (Lipinski definition) is 1. The van der Waals surface area contributed by atoms with Gasteiger partial charge in [-0.05, 0) is 36.8 Å². The van der Waals surface area contributed by atoms with Crippen LogP contribution in [0.5, 0.6) is 0 Å². The van der Waals surface area contributed by atoms with E-state index in [-0.39, 0.29) is 17.3 Å². The highest BCUT2D eigenvalue weighted by Crippen LogP contribution is 2.52. The summed E-state index contributed by atoms with van der Waals surface area (Å²) in [5, 5.41) is 5.35. The Morgan fingerprint density at radius 1 is 1.14 bits per heavy atom. The third-order valence-corrected chi connectivity index (χ3v) is 11.0. The highest BCUT2D eigenvalue weighted by Gasteiger charge is 2.50. The number of thioether (sulfide) groups is 1. The topological polar surface area (TPSA) is 81.3 Å². The molecular weight excluding hydrogens is 633 g/mol. The molecule has 7 nitrogen and oxygen atoms in total. The zero-order valence-electron chi connectivity index (χ0n) is 18.9. The van der Waals surface area contributed by atoms with Crippen LogP contribution in [0, 0.1) is 12.7 Å². The van der Waals surface area contributed by atoms with Gasteiger partial charge in [0.2, 0.25) is 5.13 Å². The molecule has 12 heteroatoms. The molecule has 184 valence electrons. The van der Waals surface area contributed by atoms with Crippen LogP contribution >= 0.6 is 55.0 Å². The van der Waals surface area contributed by atoms with E-state index >= 15 is 0 Å². The summed E-state index contributed by atoms with van der Waals surface area (Å²) in [5.41, 5.74) is 3.13. The van der Waals surface area contributed by atoms with Gasteiger partial charge in [-0.15, -0.1) is 11.3 Å². The number of para-hydroxylation sites is 1. The molecule has 2 atom stereocenters. The predicted molar refractivity (Wildman–Crippen MR) is 149 cm³/mol.